The van der Waals surface area contributed by atoms with Crippen LogP contribution < -0.4 is 4.72 Å². The van der Waals surface area contributed by atoms with Crippen molar-refractivity contribution in [3.8, 4) is 0 Å². The Morgan fingerprint density at radius 3 is 2.39 bits per heavy atom. The Kier molecular flexibility index (Phi) is 6.54. The van der Waals surface area contributed by atoms with Crippen molar-refractivity contribution in [2.45, 2.75) is 37.1 Å². The van der Waals surface area contributed by atoms with Crippen molar-refractivity contribution in [1.29, 1.82) is 0 Å². The fourth-order valence-corrected chi connectivity index (χ4v) is 4.64. The van der Waals surface area contributed by atoms with E-state index in [0.29, 0.717) is 19.2 Å². The van der Waals surface area contributed by atoms with E-state index in [4.69, 9.17) is 16.3 Å². The summed E-state index contributed by atoms with van der Waals surface area (Å²) in [7, 11) is -4.30. The van der Waals surface area contributed by atoms with Crippen LogP contribution in [0.1, 0.15) is 29.8 Å². The topological polar surface area (TPSA) is 75.7 Å². The normalized spacial score (nSPS) is 19.9. The fourth-order valence-electron chi connectivity index (χ4n) is 3.31. The molecule has 1 aliphatic rings. The van der Waals surface area contributed by atoms with Crippen LogP contribution in [0.25, 0.3) is 0 Å². The lowest BCUT2D eigenvalue weighted by Gasteiger charge is -2.35. The molecule has 2 aromatic carbocycles. The SMILES string of the molecule is CC1CN(C(=O)c2cccc(S(=O)(=O)Nc3cc(C(F)(F)F)ccc3Cl)c2)CC(C)O1. The summed E-state index contributed by atoms with van der Waals surface area (Å²) >= 11 is 5.88. The van der Waals surface area contributed by atoms with Gasteiger partial charge in [0.2, 0.25) is 0 Å². The molecule has 6 nitrogen and oxygen atoms in total. The number of morpholine rings is 1. The van der Waals surface area contributed by atoms with Gasteiger partial charge in [0.1, 0.15) is 0 Å². The lowest BCUT2D eigenvalue weighted by atomic mass is 10.1. The highest BCUT2D eigenvalue weighted by atomic mass is 35.5. The Morgan fingerprint density at radius 2 is 1.77 bits per heavy atom. The summed E-state index contributed by atoms with van der Waals surface area (Å²) in [6.45, 7) is 4.38. The highest BCUT2D eigenvalue weighted by molar-refractivity contribution is 7.92. The lowest BCUT2D eigenvalue weighted by molar-refractivity contribution is -0.137. The maximum Gasteiger partial charge on any atom is 0.416 e. The number of hydrogen-bond acceptors (Lipinski definition) is 4. The molecular formula is C20H20ClF3N2O4S. The molecule has 0 aromatic heterocycles. The minimum atomic E-state index is -4.66. The van der Waals surface area contributed by atoms with Crippen molar-refractivity contribution in [3.05, 3.63) is 58.6 Å². The zero-order valence-corrected chi connectivity index (χ0v) is 18.2. The molecule has 1 aliphatic heterocycles. The monoisotopic (exact) mass is 476 g/mol. The number of carbonyl (C=O) groups is 1. The van der Waals surface area contributed by atoms with E-state index in [9.17, 15) is 26.4 Å². The molecular weight excluding hydrogens is 457 g/mol. The van der Waals surface area contributed by atoms with Gasteiger partial charge in [-0.25, -0.2) is 8.42 Å². The summed E-state index contributed by atoms with van der Waals surface area (Å²) in [5.41, 5.74) is -1.32. The molecule has 1 saturated heterocycles. The van der Waals surface area contributed by atoms with Gasteiger partial charge in [0, 0.05) is 18.7 Å². The highest BCUT2D eigenvalue weighted by Crippen LogP contribution is 2.34. The van der Waals surface area contributed by atoms with E-state index in [1.807, 2.05) is 13.8 Å². The predicted molar refractivity (Wildman–Crippen MR) is 110 cm³/mol. The summed E-state index contributed by atoms with van der Waals surface area (Å²) in [4.78, 5) is 14.1. The first-order valence-corrected chi connectivity index (χ1v) is 11.2. The van der Waals surface area contributed by atoms with Gasteiger partial charge in [0.05, 0.1) is 33.4 Å². The minimum Gasteiger partial charge on any atom is -0.372 e. The molecule has 1 amide bonds. The van der Waals surface area contributed by atoms with Crippen LogP contribution in [0.2, 0.25) is 5.02 Å². The van der Waals surface area contributed by atoms with E-state index in [1.165, 1.54) is 24.3 Å². The molecule has 0 radical (unpaired) electrons. The second-order valence-electron chi connectivity index (χ2n) is 7.29. The number of anilines is 1. The van der Waals surface area contributed by atoms with Gasteiger partial charge in [0.15, 0.2) is 0 Å². The van der Waals surface area contributed by atoms with Gasteiger partial charge < -0.3 is 9.64 Å². The van der Waals surface area contributed by atoms with Crippen molar-refractivity contribution >= 4 is 33.2 Å². The molecule has 2 aromatic rings. The molecule has 0 saturated carbocycles. The van der Waals surface area contributed by atoms with Gasteiger partial charge in [-0.2, -0.15) is 13.2 Å². The standard InChI is InChI=1S/C20H20ClF3N2O4S/c1-12-10-26(11-13(2)30-12)19(27)14-4-3-5-16(8-14)31(28,29)25-18-9-15(20(22,23)24)6-7-17(18)21/h3-9,12-13,25H,10-11H2,1-2H3. The summed E-state index contributed by atoms with van der Waals surface area (Å²) < 4.78 is 72.1. The number of nitrogens with zero attached hydrogens (tertiary/aromatic N) is 1. The van der Waals surface area contributed by atoms with Crippen LogP contribution in [0.4, 0.5) is 18.9 Å². The van der Waals surface area contributed by atoms with Gasteiger partial charge in [-0.05, 0) is 50.2 Å². The van der Waals surface area contributed by atoms with E-state index >= 15 is 0 Å². The third kappa shape index (κ3) is 5.50. The number of nitrogens with one attached hydrogen (secondary N) is 1. The average molecular weight is 477 g/mol. The van der Waals surface area contributed by atoms with Crippen LogP contribution in [0, 0.1) is 0 Å². The van der Waals surface area contributed by atoms with Gasteiger partial charge in [-0.1, -0.05) is 17.7 Å². The lowest BCUT2D eigenvalue weighted by Crippen LogP contribution is -2.48. The average Bonchev–Trinajstić information content (AvgIpc) is 2.67. The molecule has 31 heavy (non-hydrogen) atoms. The minimum absolute atomic E-state index is 0.138. The van der Waals surface area contributed by atoms with Crippen molar-refractivity contribution in [2.75, 3.05) is 17.8 Å². The van der Waals surface area contributed by atoms with Crippen molar-refractivity contribution in [1.82, 2.24) is 4.90 Å². The van der Waals surface area contributed by atoms with Crippen LogP contribution in [0.15, 0.2) is 47.4 Å². The number of hydrogen-bond donors (Lipinski definition) is 1. The van der Waals surface area contributed by atoms with Crippen molar-refractivity contribution < 1.29 is 31.1 Å². The smallest absolute Gasteiger partial charge is 0.372 e. The van der Waals surface area contributed by atoms with Gasteiger partial charge in [-0.15, -0.1) is 0 Å². The van der Waals surface area contributed by atoms with Gasteiger partial charge in [0.25, 0.3) is 15.9 Å². The van der Waals surface area contributed by atoms with E-state index in [-0.39, 0.29) is 33.6 Å². The largest absolute Gasteiger partial charge is 0.416 e. The van der Waals surface area contributed by atoms with Crippen LogP contribution in [-0.4, -0.2) is 44.5 Å². The fraction of sp³-hybridized carbons (Fsp3) is 0.350. The van der Waals surface area contributed by atoms with Crippen molar-refractivity contribution in [2.24, 2.45) is 0 Å². The molecule has 168 valence electrons. The van der Waals surface area contributed by atoms with E-state index < -0.39 is 27.5 Å². The molecule has 2 unspecified atom stereocenters. The number of rotatable bonds is 4. The van der Waals surface area contributed by atoms with E-state index in [1.54, 1.807) is 4.90 Å². The molecule has 1 N–H and O–H groups in total. The van der Waals surface area contributed by atoms with Gasteiger partial charge in [-0.3, -0.25) is 9.52 Å². The number of ether oxygens (including phenoxy) is 1. The third-order valence-corrected chi connectivity index (χ3v) is 6.33. The summed E-state index contributed by atoms with van der Waals surface area (Å²) in [6.07, 6.45) is -4.99. The van der Waals surface area contributed by atoms with Crippen molar-refractivity contribution in [3.63, 3.8) is 0 Å². The zero-order chi connectivity index (χ0) is 23.0. The summed E-state index contributed by atoms with van der Waals surface area (Å²) in [6, 6.07) is 7.62. The number of benzene rings is 2. The second kappa shape index (κ2) is 8.68. The highest BCUT2D eigenvalue weighted by Gasteiger charge is 2.32. The maximum absolute atomic E-state index is 13.0. The molecule has 1 heterocycles. The van der Waals surface area contributed by atoms with E-state index in [2.05, 4.69) is 4.72 Å². The molecule has 0 bridgehead atoms. The van der Waals surface area contributed by atoms with Gasteiger partial charge >= 0.3 is 6.18 Å². The third-order valence-electron chi connectivity index (χ3n) is 4.64. The Bertz CT molecular complexity index is 1080. The molecule has 0 spiro atoms. The zero-order valence-electron chi connectivity index (χ0n) is 16.6. The summed E-state index contributed by atoms with van der Waals surface area (Å²) in [5, 5.41) is -0.194. The van der Waals surface area contributed by atoms with Crippen LogP contribution in [-0.2, 0) is 20.9 Å². The maximum atomic E-state index is 13.0. The summed E-state index contributed by atoms with van der Waals surface area (Å²) in [5.74, 6) is -0.365. The quantitative estimate of drug-likeness (QED) is 0.709. The second-order valence-corrected chi connectivity index (χ2v) is 9.38. The number of alkyl halides is 3. The first-order chi connectivity index (χ1) is 14.4. The van der Waals surface area contributed by atoms with Crippen LogP contribution in [0.5, 0.6) is 0 Å². The number of carbonyl (C=O) groups excluding carboxylic acids is 1. The Labute approximate surface area is 183 Å². The van der Waals surface area contributed by atoms with E-state index in [0.717, 1.165) is 12.1 Å². The predicted octanol–water partition coefficient (Wildman–Crippen LogP) is 4.41. The molecule has 2 atom stereocenters. The molecule has 11 heteroatoms. The Balaban J connectivity index is 1.87. The molecule has 0 aliphatic carbocycles. The number of halogens is 4. The Hall–Kier alpha value is -2.30. The number of sulfonamides is 1. The first-order valence-electron chi connectivity index (χ1n) is 9.31. The Morgan fingerprint density at radius 1 is 1.13 bits per heavy atom. The first kappa shape index (κ1) is 23.4. The van der Waals surface area contributed by atoms with Crippen LogP contribution >= 0.6 is 11.6 Å². The number of amides is 1. The van der Waals surface area contributed by atoms with Crippen LogP contribution in [0.3, 0.4) is 0 Å². The molecule has 3 rings (SSSR count). The molecule has 1 fully saturated rings.